The highest BCUT2D eigenvalue weighted by molar-refractivity contribution is 5.86. The van der Waals surface area contributed by atoms with E-state index in [9.17, 15) is 9.59 Å². The van der Waals surface area contributed by atoms with Gasteiger partial charge in [-0.1, -0.05) is 12.1 Å². The van der Waals surface area contributed by atoms with Crippen molar-refractivity contribution in [3.8, 4) is 5.75 Å². The van der Waals surface area contributed by atoms with Crippen molar-refractivity contribution in [3.05, 3.63) is 29.8 Å². The second kappa shape index (κ2) is 8.41. The lowest BCUT2D eigenvalue weighted by molar-refractivity contribution is -0.122. The molecule has 1 fully saturated rings. The zero-order valence-electron chi connectivity index (χ0n) is 13.5. The minimum Gasteiger partial charge on any atom is -0.490 e. The lowest BCUT2D eigenvalue weighted by Gasteiger charge is -2.14. The number of carbonyl (C=O) groups excluding carboxylic acids is 2. The molecule has 1 saturated carbocycles. The van der Waals surface area contributed by atoms with E-state index in [0.717, 1.165) is 30.6 Å². The maximum Gasteiger partial charge on any atom is 0.312 e. The van der Waals surface area contributed by atoms with Crippen molar-refractivity contribution in [1.29, 1.82) is 0 Å². The Morgan fingerprint density at radius 1 is 1.26 bits per heavy atom. The van der Waals surface area contributed by atoms with E-state index in [1.165, 1.54) is 12.8 Å². The van der Waals surface area contributed by atoms with Crippen LogP contribution in [-0.2, 0) is 11.2 Å². The first-order valence-electron chi connectivity index (χ1n) is 8.14. The maximum absolute atomic E-state index is 11.7. The van der Waals surface area contributed by atoms with Crippen molar-refractivity contribution in [3.63, 3.8) is 0 Å². The minimum atomic E-state index is -0.703. The summed E-state index contributed by atoms with van der Waals surface area (Å²) in [4.78, 5) is 22.4. The molecule has 3 amide bonds. The van der Waals surface area contributed by atoms with E-state index >= 15 is 0 Å². The molecule has 23 heavy (non-hydrogen) atoms. The summed E-state index contributed by atoms with van der Waals surface area (Å²) in [6.45, 7) is 2.10. The molecule has 1 aromatic rings. The molecular weight excluding hydrogens is 294 g/mol. The van der Waals surface area contributed by atoms with E-state index in [1.54, 1.807) is 6.92 Å². The fraction of sp³-hybridized carbons (Fsp3) is 0.529. The number of nitrogens with one attached hydrogen (secondary N) is 2. The Bertz CT molecular complexity index is 524. The molecule has 1 atom stereocenters. The number of carbonyl (C=O) groups is 2. The lowest BCUT2D eigenvalue weighted by Crippen LogP contribution is -2.47. The van der Waals surface area contributed by atoms with Crippen molar-refractivity contribution in [2.45, 2.75) is 51.2 Å². The Balaban J connectivity index is 1.71. The Kier molecular flexibility index (Phi) is 6.26. The molecule has 0 saturated heterocycles. The van der Waals surface area contributed by atoms with Crippen LogP contribution in [-0.4, -0.2) is 30.6 Å². The fourth-order valence-electron chi connectivity index (χ4n) is 2.70. The van der Waals surface area contributed by atoms with Crippen molar-refractivity contribution in [2.24, 2.45) is 5.73 Å². The van der Waals surface area contributed by atoms with E-state index in [0.29, 0.717) is 12.6 Å². The van der Waals surface area contributed by atoms with Crippen molar-refractivity contribution in [2.75, 3.05) is 6.54 Å². The van der Waals surface area contributed by atoms with E-state index < -0.39 is 12.1 Å². The van der Waals surface area contributed by atoms with E-state index in [1.807, 2.05) is 24.3 Å². The average Bonchev–Trinajstić information content (AvgIpc) is 3.01. The molecule has 4 N–H and O–H groups in total. The number of primary amides is 1. The summed E-state index contributed by atoms with van der Waals surface area (Å²) in [5.74, 6) is 0.661. The lowest BCUT2D eigenvalue weighted by atomic mass is 10.1. The summed E-state index contributed by atoms with van der Waals surface area (Å²) in [6.07, 6.45) is 5.88. The summed E-state index contributed by atoms with van der Waals surface area (Å²) in [5.41, 5.74) is 6.11. The molecule has 1 aliphatic carbocycles. The molecule has 0 aliphatic heterocycles. The number of rotatable bonds is 7. The molecule has 6 heteroatoms. The van der Waals surface area contributed by atoms with Gasteiger partial charge >= 0.3 is 6.03 Å². The third-order valence-corrected chi connectivity index (χ3v) is 3.99. The van der Waals surface area contributed by atoms with Gasteiger partial charge in [0.05, 0.1) is 6.10 Å². The monoisotopic (exact) mass is 319 g/mol. The number of amides is 3. The Labute approximate surface area is 136 Å². The first kappa shape index (κ1) is 17.1. The standard InChI is InChI=1S/C17H25N3O3/c1-12(20-17(18)22)16(21)19-11-10-13-6-8-15(9-7-13)23-14-4-2-3-5-14/h6-9,12,14H,2-5,10-11H2,1H3,(H,19,21)(H3,18,20,22). The zero-order valence-corrected chi connectivity index (χ0v) is 13.5. The number of urea groups is 1. The van der Waals surface area contributed by atoms with Gasteiger partial charge in [-0.2, -0.15) is 0 Å². The highest BCUT2D eigenvalue weighted by Crippen LogP contribution is 2.24. The molecule has 1 aliphatic rings. The average molecular weight is 319 g/mol. The molecule has 6 nitrogen and oxygen atoms in total. The maximum atomic E-state index is 11.7. The molecule has 0 spiro atoms. The molecule has 0 heterocycles. The number of hydrogen-bond acceptors (Lipinski definition) is 3. The number of nitrogens with two attached hydrogens (primary N) is 1. The van der Waals surface area contributed by atoms with E-state index in [2.05, 4.69) is 10.6 Å². The summed E-state index contributed by atoms with van der Waals surface area (Å²) in [6, 6.07) is 6.66. The summed E-state index contributed by atoms with van der Waals surface area (Å²) in [5, 5.41) is 5.11. The Morgan fingerprint density at radius 2 is 1.91 bits per heavy atom. The number of hydrogen-bond donors (Lipinski definition) is 3. The quantitative estimate of drug-likeness (QED) is 0.714. The van der Waals surface area contributed by atoms with Crippen molar-refractivity contribution in [1.82, 2.24) is 10.6 Å². The molecular formula is C17H25N3O3. The second-order valence-corrected chi connectivity index (χ2v) is 5.94. The van der Waals surface area contributed by atoms with Gasteiger partial charge in [-0.05, 0) is 56.7 Å². The van der Waals surface area contributed by atoms with Crippen LogP contribution in [0.4, 0.5) is 4.79 Å². The van der Waals surface area contributed by atoms with Crippen LogP contribution in [0, 0.1) is 0 Å². The van der Waals surface area contributed by atoms with Crippen LogP contribution in [0.2, 0.25) is 0 Å². The predicted octanol–water partition coefficient (Wildman–Crippen LogP) is 1.72. The van der Waals surface area contributed by atoms with Crippen LogP contribution in [0.1, 0.15) is 38.2 Å². The van der Waals surface area contributed by atoms with Gasteiger partial charge in [-0.25, -0.2) is 4.79 Å². The van der Waals surface area contributed by atoms with E-state index in [-0.39, 0.29) is 5.91 Å². The van der Waals surface area contributed by atoms with Crippen molar-refractivity contribution >= 4 is 11.9 Å². The SMILES string of the molecule is CC(NC(N)=O)C(=O)NCCc1ccc(OC2CCCC2)cc1. The number of benzene rings is 1. The third kappa shape index (κ3) is 5.81. The summed E-state index contributed by atoms with van der Waals surface area (Å²) >= 11 is 0. The topological polar surface area (TPSA) is 93.5 Å². The van der Waals surface area contributed by atoms with Gasteiger partial charge in [0, 0.05) is 6.54 Å². The van der Waals surface area contributed by atoms with Gasteiger partial charge in [0.1, 0.15) is 11.8 Å². The first-order chi connectivity index (χ1) is 11.0. The molecule has 0 radical (unpaired) electrons. The van der Waals surface area contributed by atoms with Gasteiger partial charge < -0.3 is 21.1 Å². The van der Waals surface area contributed by atoms with Crippen LogP contribution in [0.15, 0.2) is 24.3 Å². The first-order valence-corrected chi connectivity index (χ1v) is 8.14. The van der Waals surface area contributed by atoms with Gasteiger partial charge in [0.15, 0.2) is 0 Å². The highest BCUT2D eigenvalue weighted by Gasteiger charge is 2.16. The highest BCUT2D eigenvalue weighted by atomic mass is 16.5. The van der Waals surface area contributed by atoms with E-state index in [4.69, 9.17) is 10.5 Å². The van der Waals surface area contributed by atoms with Gasteiger partial charge in [0.2, 0.25) is 5.91 Å². The van der Waals surface area contributed by atoms with Crippen LogP contribution in [0.25, 0.3) is 0 Å². The fourth-order valence-corrected chi connectivity index (χ4v) is 2.70. The van der Waals surface area contributed by atoms with Crippen LogP contribution in [0.5, 0.6) is 5.75 Å². The molecule has 0 bridgehead atoms. The Hall–Kier alpha value is -2.24. The molecule has 1 unspecified atom stereocenters. The summed E-state index contributed by atoms with van der Waals surface area (Å²) in [7, 11) is 0. The second-order valence-electron chi connectivity index (χ2n) is 5.94. The van der Waals surface area contributed by atoms with Gasteiger partial charge in [-0.3, -0.25) is 4.79 Å². The zero-order chi connectivity index (χ0) is 16.7. The van der Waals surface area contributed by atoms with Gasteiger partial charge in [-0.15, -0.1) is 0 Å². The Morgan fingerprint density at radius 3 is 2.52 bits per heavy atom. The predicted molar refractivity (Wildman–Crippen MR) is 88.2 cm³/mol. The smallest absolute Gasteiger partial charge is 0.312 e. The van der Waals surface area contributed by atoms with Crippen LogP contribution in [0.3, 0.4) is 0 Å². The summed E-state index contributed by atoms with van der Waals surface area (Å²) < 4.78 is 5.92. The molecule has 1 aromatic carbocycles. The minimum absolute atomic E-state index is 0.245. The molecule has 126 valence electrons. The third-order valence-electron chi connectivity index (χ3n) is 3.99. The largest absolute Gasteiger partial charge is 0.490 e. The molecule has 2 rings (SSSR count). The number of ether oxygens (including phenoxy) is 1. The normalized spacial score (nSPS) is 15.9. The van der Waals surface area contributed by atoms with Crippen LogP contribution >= 0.6 is 0 Å². The molecule has 0 aromatic heterocycles. The van der Waals surface area contributed by atoms with Crippen LogP contribution < -0.4 is 21.1 Å². The van der Waals surface area contributed by atoms with Gasteiger partial charge in [0.25, 0.3) is 0 Å². The van der Waals surface area contributed by atoms with Crippen molar-refractivity contribution < 1.29 is 14.3 Å².